The van der Waals surface area contributed by atoms with Crippen molar-refractivity contribution in [3.05, 3.63) is 142 Å². The monoisotopic (exact) mass is 521 g/mol. The van der Waals surface area contributed by atoms with E-state index in [0.717, 1.165) is 0 Å². The molecule has 0 amide bonds. The summed E-state index contributed by atoms with van der Waals surface area (Å²) in [5.41, 5.74) is 0.0683. The summed E-state index contributed by atoms with van der Waals surface area (Å²) in [6, 6.07) is 41.3. The molecule has 0 N–H and O–H groups in total. The Kier molecular flexibility index (Phi) is 5.42. The van der Waals surface area contributed by atoms with E-state index in [2.05, 4.69) is 72.8 Å². The van der Waals surface area contributed by atoms with E-state index in [1.165, 1.54) is 17.8 Å². The number of hydrogen-bond donors (Lipinski definition) is 0. The maximum absolute atomic E-state index is 13.5. The molecule has 35 heavy (non-hydrogen) atoms. The summed E-state index contributed by atoms with van der Waals surface area (Å²) >= 11 is -3.35. The molecule has 4 aromatic carbocycles. The molecule has 0 saturated carbocycles. The Morgan fingerprint density at radius 2 is 0.857 bits per heavy atom. The van der Waals surface area contributed by atoms with E-state index in [-0.39, 0.29) is 16.1 Å². The van der Waals surface area contributed by atoms with Crippen LogP contribution in [0.1, 0.15) is 0 Å². The summed E-state index contributed by atoms with van der Waals surface area (Å²) in [5, 5.41) is 0. The van der Waals surface area contributed by atoms with Gasteiger partial charge in [-0.1, -0.05) is 0 Å². The van der Waals surface area contributed by atoms with Crippen molar-refractivity contribution in [3.63, 3.8) is 0 Å². The van der Waals surface area contributed by atoms with Crippen molar-refractivity contribution in [2.24, 2.45) is 0 Å². The Hall–Kier alpha value is -3.84. The van der Waals surface area contributed by atoms with Gasteiger partial charge < -0.3 is 0 Å². The van der Waals surface area contributed by atoms with Gasteiger partial charge in [0.1, 0.15) is 0 Å². The van der Waals surface area contributed by atoms with Gasteiger partial charge in [-0.2, -0.15) is 0 Å². The van der Waals surface area contributed by atoms with E-state index < -0.39 is 13.3 Å². The number of rotatable bonds is 5. The van der Waals surface area contributed by atoms with Crippen molar-refractivity contribution in [1.29, 1.82) is 0 Å². The summed E-state index contributed by atoms with van der Waals surface area (Å²) in [6.45, 7) is 1.04. The third-order valence-electron chi connectivity index (χ3n) is 7.22. The fraction of sp³-hybridized carbons (Fsp3) is 0.103. The van der Waals surface area contributed by atoms with Gasteiger partial charge in [-0.3, -0.25) is 0 Å². The zero-order chi connectivity index (χ0) is 23.8. The van der Waals surface area contributed by atoms with Gasteiger partial charge in [0, 0.05) is 0 Å². The van der Waals surface area contributed by atoms with Crippen LogP contribution in [0.5, 0.6) is 0 Å². The van der Waals surface area contributed by atoms with Gasteiger partial charge in [-0.15, -0.1) is 0 Å². The molecule has 0 fully saturated rings. The van der Waals surface area contributed by atoms with Crippen molar-refractivity contribution in [2.75, 3.05) is 0 Å². The third kappa shape index (κ3) is 3.38. The van der Waals surface area contributed by atoms with Gasteiger partial charge in [0.15, 0.2) is 0 Å². The number of nitrogens with zero attached hydrogens (tertiary/aromatic N) is 3. The van der Waals surface area contributed by atoms with Crippen molar-refractivity contribution in [3.8, 4) is 5.69 Å². The quantitative estimate of drug-likeness (QED) is 0.335. The van der Waals surface area contributed by atoms with E-state index in [9.17, 15) is 9.59 Å². The van der Waals surface area contributed by atoms with Crippen LogP contribution in [0.4, 0.5) is 0 Å². The van der Waals surface area contributed by atoms with Crippen LogP contribution in [0.15, 0.2) is 131 Å². The average Bonchev–Trinajstić information content (AvgIpc) is 3.46. The summed E-state index contributed by atoms with van der Waals surface area (Å²) in [5.74, 6) is 0. The second-order valence-electron chi connectivity index (χ2n) is 9.00. The molecule has 6 heteroatoms. The van der Waals surface area contributed by atoms with Crippen LogP contribution < -0.4 is 24.6 Å². The molecule has 0 aliphatic carbocycles. The molecule has 0 atom stereocenters. The predicted octanol–water partition coefficient (Wildman–Crippen LogP) is 2.35. The minimum atomic E-state index is -3.35. The standard InChI is InChI=1S/C29H25GeN3O2/c34-28-31-21-26(22-32(31)29(35)33(28)27-19-11-4-12-20-27)30(23-13-5-1-6-14-23,24-15-7-2-8-16-24)25-17-9-3-10-18-25/h1-20,26H,21-22H2. The van der Waals surface area contributed by atoms with E-state index in [4.69, 9.17) is 0 Å². The Labute approximate surface area is 205 Å². The Balaban J connectivity index is 1.57. The fourth-order valence-corrected chi connectivity index (χ4v) is 17.2. The van der Waals surface area contributed by atoms with Gasteiger partial charge in [-0.05, 0) is 0 Å². The first-order valence-electron chi connectivity index (χ1n) is 11.9. The normalized spacial score (nSPS) is 13.6. The molecular weight excluding hydrogens is 495 g/mol. The van der Waals surface area contributed by atoms with Gasteiger partial charge in [0.25, 0.3) is 0 Å². The van der Waals surface area contributed by atoms with Gasteiger partial charge in [0.05, 0.1) is 0 Å². The second kappa shape index (κ2) is 8.74. The fourth-order valence-electron chi connectivity index (χ4n) is 5.73. The molecule has 5 nitrogen and oxygen atoms in total. The molecular formula is C29H25GeN3O2. The van der Waals surface area contributed by atoms with Crippen molar-refractivity contribution in [1.82, 2.24) is 13.9 Å². The molecule has 1 aromatic heterocycles. The summed E-state index contributed by atoms with van der Waals surface area (Å²) in [4.78, 5) is 27.0. The summed E-state index contributed by atoms with van der Waals surface area (Å²) in [7, 11) is 0. The second-order valence-corrected chi connectivity index (χ2v) is 17.7. The zero-order valence-electron chi connectivity index (χ0n) is 19.2. The van der Waals surface area contributed by atoms with Gasteiger partial charge >= 0.3 is 206 Å². The van der Waals surface area contributed by atoms with Crippen LogP contribution in [0.3, 0.4) is 0 Å². The van der Waals surface area contributed by atoms with E-state index >= 15 is 0 Å². The van der Waals surface area contributed by atoms with Crippen LogP contribution in [0, 0.1) is 0 Å². The van der Waals surface area contributed by atoms with E-state index in [0.29, 0.717) is 18.8 Å². The molecule has 0 saturated heterocycles. The van der Waals surface area contributed by atoms with Crippen LogP contribution >= 0.6 is 0 Å². The maximum atomic E-state index is 13.5. The Morgan fingerprint density at radius 1 is 0.514 bits per heavy atom. The number of benzene rings is 4. The first-order chi connectivity index (χ1) is 17.2. The third-order valence-corrected chi connectivity index (χ3v) is 18.4. The molecule has 6 rings (SSSR count). The van der Waals surface area contributed by atoms with Crippen LogP contribution in [0.25, 0.3) is 5.69 Å². The summed E-state index contributed by atoms with van der Waals surface area (Å²) in [6.07, 6.45) is 0. The molecule has 0 bridgehead atoms. The molecule has 1 aliphatic heterocycles. The topological polar surface area (TPSA) is 48.9 Å². The Bertz CT molecular complexity index is 1440. The molecule has 0 unspecified atom stereocenters. The molecule has 0 spiro atoms. The van der Waals surface area contributed by atoms with Crippen molar-refractivity contribution >= 4 is 26.5 Å². The predicted molar refractivity (Wildman–Crippen MR) is 142 cm³/mol. The van der Waals surface area contributed by atoms with Crippen molar-refractivity contribution in [2.45, 2.75) is 17.8 Å². The van der Waals surface area contributed by atoms with Gasteiger partial charge in [-0.25, -0.2) is 0 Å². The van der Waals surface area contributed by atoms with Crippen molar-refractivity contribution < 1.29 is 0 Å². The zero-order valence-corrected chi connectivity index (χ0v) is 21.3. The summed E-state index contributed by atoms with van der Waals surface area (Å²) < 4.78 is 8.75. The molecule has 172 valence electrons. The van der Waals surface area contributed by atoms with E-state index in [1.54, 1.807) is 21.5 Å². The molecule has 2 heterocycles. The minimum absolute atomic E-state index is 0.146. The molecule has 0 radical (unpaired) electrons. The number of hydrogen-bond acceptors (Lipinski definition) is 2. The van der Waals surface area contributed by atoms with Crippen LogP contribution in [0.2, 0.25) is 4.75 Å². The average molecular weight is 520 g/mol. The molecule has 5 aromatic rings. The Morgan fingerprint density at radius 3 is 1.23 bits per heavy atom. The van der Waals surface area contributed by atoms with Gasteiger partial charge in [0.2, 0.25) is 0 Å². The number of para-hydroxylation sites is 1. The SMILES string of the molecule is O=c1n(-c2ccccc2)c(=O)n2n1C[CH]([Ge]([c]1ccccc1)([c]1ccccc1)[c]1ccccc1)C2. The van der Waals surface area contributed by atoms with Crippen LogP contribution in [-0.2, 0) is 13.1 Å². The first kappa shape index (κ1) is 21.7. The number of aromatic nitrogens is 3. The first-order valence-corrected chi connectivity index (χ1v) is 16.2. The van der Waals surface area contributed by atoms with Crippen LogP contribution in [-0.4, -0.2) is 27.2 Å². The van der Waals surface area contributed by atoms with E-state index in [1.807, 2.05) is 36.4 Å². The number of fused-ring (bicyclic) bond motifs is 1. The molecule has 1 aliphatic rings.